The molecule has 0 unspecified atom stereocenters. The van der Waals surface area contributed by atoms with Gasteiger partial charge in [-0.05, 0) is 36.4 Å². The van der Waals surface area contributed by atoms with E-state index >= 15 is 0 Å². The van der Waals surface area contributed by atoms with Gasteiger partial charge in [0.25, 0.3) is 5.91 Å². The molecule has 0 fully saturated rings. The first-order valence-corrected chi connectivity index (χ1v) is 7.13. The molecule has 2 aromatic carbocycles. The Morgan fingerprint density at radius 3 is 2.26 bits per heavy atom. The SMILES string of the molecule is CNCCNC(=O)c1ccccc1-c1ccc(C(F)(F)F)cc1. The van der Waals surface area contributed by atoms with Crippen molar-refractivity contribution in [3.8, 4) is 11.1 Å². The van der Waals surface area contributed by atoms with E-state index in [4.69, 9.17) is 0 Å². The summed E-state index contributed by atoms with van der Waals surface area (Å²) in [6.45, 7) is 1.10. The zero-order chi connectivity index (χ0) is 16.9. The van der Waals surface area contributed by atoms with Crippen LogP contribution in [-0.4, -0.2) is 26.0 Å². The topological polar surface area (TPSA) is 41.1 Å². The first-order valence-electron chi connectivity index (χ1n) is 7.13. The molecule has 6 heteroatoms. The number of rotatable bonds is 5. The first-order chi connectivity index (χ1) is 10.9. The number of halogens is 3. The molecular formula is C17H17F3N2O. The Kier molecular flexibility index (Phi) is 5.39. The van der Waals surface area contributed by atoms with E-state index in [9.17, 15) is 18.0 Å². The van der Waals surface area contributed by atoms with Gasteiger partial charge in [0.05, 0.1) is 5.56 Å². The molecule has 0 spiro atoms. The van der Waals surface area contributed by atoms with Crippen molar-refractivity contribution in [1.82, 2.24) is 10.6 Å². The average molecular weight is 322 g/mol. The molecule has 23 heavy (non-hydrogen) atoms. The third-order valence-electron chi connectivity index (χ3n) is 3.36. The second-order valence-corrected chi connectivity index (χ2v) is 4.98. The number of likely N-dealkylation sites (N-methyl/N-ethyl adjacent to an activating group) is 1. The maximum absolute atomic E-state index is 12.6. The summed E-state index contributed by atoms with van der Waals surface area (Å²) < 4.78 is 37.9. The number of benzene rings is 2. The predicted octanol–water partition coefficient (Wildman–Crippen LogP) is 3.32. The lowest BCUT2D eigenvalue weighted by Gasteiger charge is -2.12. The summed E-state index contributed by atoms with van der Waals surface area (Å²) >= 11 is 0. The van der Waals surface area contributed by atoms with Gasteiger partial charge in [0, 0.05) is 18.7 Å². The van der Waals surface area contributed by atoms with Crippen LogP contribution >= 0.6 is 0 Å². The summed E-state index contributed by atoms with van der Waals surface area (Å²) in [5.74, 6) is -0.254. The van der Waals surface area contributed by atoms with Crippen LogP contribution in [0.25, 0.3) is 11.1 Å². The zero-order valence-electron chi connectivity index (χ0n) is 12.6. The van der Waals surface area contributed by atoms with Gasteiger partial charge in [-0.2, -0.15) is 13.2 Å². The van der Waals surface area contributed by atoms with Gasteiger partial charge in [0.15, 0.2) is 0 Å². The number of carbonyl (C=O) groups is 1. The van der Waals surface area contributed by atoms with Gasteiger partial charge in [-0.25, -0.2) is 0 Å². The standard InChI is InChI=1S/C17H17F3N2O/c1-21-10-11-22-16(23)15-5-3-2-4-14(15)12-6-8-13(9-7-12)17(18,19)20/h2-9,21H,10-11H2,1H3,(H,22,23). The molecule has 0 radical (unpaired) electrons. The predicted molar refractivity (Wildman–Crippen MR) is 83.1 cm³/mol. The monoisotopic (exact) mass is 322 g/mol. The highest BCUT2D eigenvalue weighted by molar-refractivity contribution is 6.00. The van der Waals surface area contributed by atoms with Crippen LogP contribution in [0.3, 0.4) is 0 Å². The van der Waals surface area contributed by atoms with Crippen molar-refractivity contribution in [3.63, 3.8) is 0 Å². The number of hydrogen-bond donors (Lipinski definition) is 2. The molecule has 3 nitrogen and oxygen atoms in total. The summed E-state index contributed by atoms with van der Waals surface area (Å²) in [6.07, 6.45) is -4.37. The highest BCUT2D eigenvalue weighted by Gasteiger charge is 2.30. The van der Waals surface area contributed by atoms with Gasteiger partial charge >= 0.3 is 6.18 Å². The van der Waals surface area contributed by atoms with Gasteiger partial charge in [-0.15, -0.1) is 0 Å². The van der Waals surface area contributed by atoms with Gasteiger partial charge in [-0.1, -0.05) is 30.3 Å². The number of alkyl halides is 3. The molecule has 0 atom stereocenters. The third-order valence-corrected chi connectivity index (χ3v) is 3.36. The fourth-order valence-electron chi connectivity index (χ4n) is 2.17. The molecule has 0 heterocycles. The van der Waals surface area contributed by atoms with Crippen molar-refractivity contribution in [2.24, 2.45) is 0 Å². The minimum atomic E-state index is -4.37. The minimum Gasteiger partial charge on any atom is -0.351 e. The molecule has 0 aromatic heterocycles. The summed E-state index contributed by atoms with van der Waals surface area (Å²) in [5.41, 5.74) is 0.890. The maximum Gasteiger partial charge on any atom is 0.416 e. The molecule has 0 saturated heterocycles. The maximum atomic E-state index is 12.6. The lowest BCUT2D eigenvalue weighted by atomic mass is 9.98. The fraction of sp³-hybridized carbons (Fsp3) is 0.235. The van der Waals surface area contributed by atoms with Crippen LogP contribution < -0.4 is 10.6 Å². The number of nitrogens with one attached hydrogen (secondary N) is 2. The largest absolute Gasteiger partial charge is 0.416 e. The molecule has 0 saturated carbocycles. The smallest absolute Gasteiger partial charge is 0.351 e. The Balaban J connectivity index is 2.28. The lowest BCUT2D eigenvalue weighted by molar-refractivity contribution is -0.137. The molecule has 1 amide bonds. The molecule has 2 aromatic rings. The van der Waals surface area contributed by atoms with Crippen LogP contribution in [0.2, 0.25) is 0 Å². The van der Waals surface area contributed by atoms with Gasteiger partial charge in [0.2, 0.25) is 0 Å². The van der Waals surface area contributed by atoms with E-state index < -0.39 is 11.7 Å². The second kappa shape index (κ2) is 7.28. The molecular weight excluding hydrogens is 305 g/mol. The molecule has 2 rings (SSSR count). The Hall–Kier alpha value is -2.34. The first kappa shape index (κ1) is 17.0. The molecule has 122 valence electrons. The van der Waals surface area contributed by atoms with Crippen LogP contribution in [-0.2, 0) is 6.18 Å². The molecule has 0 bridgehead atoms. The van der Waals surface area contributed by atoms with E-state index in [0.717, 1.165) is 12.1 Å². The van der Waals surface area contributed by atoms with Crippen molar-refractivity contribution in [2.45, 2.75) is 6.18 Å². The quantitative estimate of drug-likeness (QED) is 0.829. The van der Waals surface area contributed by atoms with Crippen LogP contribution in [0.4, 0.5) is 13.2 Å². The van der Waals surface area contributed by atoms with Gasteiger partial charge < -0.3 is 10.6 Å². The Morgan fingerprint density at radius 1 is 1.00 bits per heavy atom. The average Bonchev–Trinajstić information content (AvgIpc) is 2.54. The van der Waals surface area contributed by atoms with Crippen LogP contribution in [0.1, 0.15) is 15.9 Å². The highest BCUT2D eigenvalue weighted by Crippen LogP contribution is 2.31. The van der Waals surface area contributed by atoms with E-state index in [-0.39, 0.29) is 5.91 Å². The van der Waals surface area contributed by atoms with E-state index in [0.29, 0.717) is 29.8 Å². The van der Waals surface area contributed by atoms with Gasteiger partial charge in [0.1, 0.15) is 0 Å². The number of carbonyl (C=O) groups excluding carboxylic acids is 1. The number of amides is 1. The molecule has 0 aliphatic rings. The van der Waals surface area contributed by atoms with Gasteiger partial charge in [-0.3, -0.25) is 4.79 Å². The van der Waals surface area contributed by atoms with Crippen LogP contribution in [0, 0.1) is 0 Å². The zero-order valence-corrected chi connectivity index (χ0v) is 12.6. The third kappa shape index (κ3) is 4.32. The fourth-order valence-corrected chi connectivity index (χ4v) is 2.17. The molecule has 2 N–H and O–H groups in total. The summed E-state index contributed by atoms with van der Waals surface area (Å²) in [5, 5.41) is 5.68. The summed E-state index contributed by atoms with van der Waals surface area (Å²) in [4.78, 5) is 12.2. The Morgan fingerprint density at radius 2 is 1.65 bits per heavy atom. The van der Waals surface area contributed by atoms with Crippen molar-refractivity contribution in [1.29, 1.82) is 0 Å². The van der Waals surface area contributed by atoms with Crippen molar-refractivity contribution < 1.29 is 18.0 Å². The normalized spacial score (nSPS) is 11.3. The van der Waals surface area contributed by atoms with E-state index in [2.05, 4.69) is 10.6 Å². The summed E-state index contributed by atoms with van der Waals surface area (Å²) in [6, 6.07) is 11.6. The Labute approximate surface area is 132 Å². The van der Waals surface area contributed by atoms with Crippen LogP contribution in [0.5, 0.6) is 0 Å². The second-order valence-electron chi connectivity index (χ2n) is 4.98. The van der Waals surface area contributed by atoms with Crippen molar-refractivity contribution >= 4 is 5.91 Å². The summed E-state index contributed by atoms with van der Waals surface area (Å²) in [7, 11) is 1.78. The lowest BCUT2D eigenvalue weighted by Crippen LogP contribution is -2.30. The van der Waals surface area contributed by atoms with Crippen molar-refractivity contribution in [3.05, 3.63) is 59.7 Å². The van der Waals surface area contributed by atoms with E-state index in [1.165, 1.54) is 12.1 Å². The highest BCUT2D eigenvalue weighted by atomic mass is 19.4. The number of hydrogen-bond acceptors (Lipinski definition) is 2. The molecule has 0 aliphatic heterocycles. The van der Waals surface area contributed by atoms with Crippen LogP contribution in [0.15, 0.2) is 48.5 Å². The Bertz CT molecular complexity index is 666. The van der Waals surface area contributed by atoms with E-state index in [1.807, 2.05) is 0 Å². The minimum absolute atomic E-state index is 0.254. The molecule has 0 aliphatic carbocycles. The van der Waals surface area contributed by atoms with E-state index in [1.54, 1.807) is 31.3 Å². The van der Waals surface area contributed by atoms with Crippen molar-refractivity contribution in [2.75, 3.05) is 20.1 Å².